The number of carboxylic acid groups (broad SMARTS) is 1. The molecule has 0 saturated carbocycles. The van der Waals surface area contributed by atoms with Gasteiger partial charge in [0.15, 0.2) is 5.16 Å². The van der Waals surface area contributed by atoms with Crippen LogP contribution in [0.5, 0.6) is 0 Å². The molecule has 1 atom stereocenters. The fourth-order valence-electron chi connectivity index (χ4n) is 2.08. The molecule has 1 aromatic heterocycles. The Morgan fingerprint density at radius 1 is 1.57 bits per heavy atom. The average molecular weight is 329 g/mol. The van der Waals surface area contributed by atoms with E-state index in [-0.39, 0.29) is 11.8 Å². The predicted octanol–water partition coefficient (Wildman–Crippen LogP) is 3.46. The molecule has 0 aliphatic carbocycles. The molecule has 1 heterocycles. The Hall–Kier alpha value is -1.24. The second-order valence-corrected chi connectivity index (χ2v) is 5.91. The Labute approximate surface area is 132 Å². The van der Waals surface area contributed by atoms with Gasteiger partial charge in [-0.3, -0.25) is 4.79 Å². The summed E-state index contributed by atoms with van der Waals surface area (Å²) in [6.45, 7) is 5.13. The highest BCUT2D eigenvalue weighted by Crippen LogP contribution is 2.31. The number of halogens is 1. The number of fused-ring (bicyclic) bond motifs is 1. The summed E-state index contributed by atoms with van der Waals surface area (Å²) in [4.78, 5) is 15.3. The number of thioether (sulfide) groups is 1. The van der Waals surface area contributed by atoms with Crippen molar-refractivity contribution in [3.63, 3.8) is 0 Å². The SMILES string of the molecule is CCOCC(C)n1c(SCC(=O)O)nc2c(Cl)cccc21. The van der Waals surface area contributed by atoms with E-state index >= 15 is 0 Å². The van der Waals surface area contributed by atoms with Crippen molar-refractivity contribution in [3.05, 3.63) is 23.2 Å². The molecule has 0 saturated heterocycles. The third-order valence-corrected chi connectivity index (χ3v) is 4.21. The molecule has 0 bridgehead atoms. The number of carboxylic acids is 1. The van der Waals surface area contributed by atoms with Crippen LogP contribution in [0.15, 0.2) is 23.4 Å². The summed E-state index contributed by atoms with van der Waals surface area (Å²) >= 11 is 7.37. The van der Waals surface area contributed by atoms with Crippen LogP contribution in [0.25, 0.3) is 11.0 Å². The highest BCUT2D eigenvalue weighted by Gasteiger charge is 2.18. The molecule has 5 nitrogen and oxygen atoms in total. The molecule has 0 fully saturated rings. The zero-order chi connectivity index (χ0) is 15.4. The van der Waals surface area contributed by atoms with Crippen molar-refractivity contribution in [2.75, 3.05) is 19.0 Å². The smallest absolute Gasteiger partial charge is 0.313 e. The van der Waals surface area contributed by atoms with E-state index in [0.717, 1.165) is 5.52 Å². The van der Waals surface area contributed by atoms with E-state index < -0.39 is 5.97 Å². The number of benzene rings is 1. The minimum Gasteiger partial charge on any atom is -0.481 e. The van der Waals surface area contributed by atoms with Gasteiger partial charge in [0.05, 0.1) is 28.9 Å². The van der Waals surface area contributed by atoms with Crippen LogP contribution in [0.2, 0.25) is 5.02 Å². The lowest BCUT2D eigenvalue weighted by atomic mass is 10.3. The predicted molar refractivity (Wildman–Crippen MR) is 84.3 cm³/mol. The first-order valence-corrected chi connectivity index (χ1v) is 7.99. The Balaban J connectivity index is 2.44. The molecular formula is C14H17ClN2O3S. The molecular weight excluding hydrogens is 312 g/mol. The molecule has 0 radical (unpaired) electrons. The third-order valence-electron chi connectivity index (χ3n) is 2.97. The van der Waals surface area contributed by atoms with Gasteiger partial charge in [-0.1, -0.05) is 29.4 Å². The maximum atomic E-state index is 10.8. The fourth-order valence-corrected chi connectivity index (χ4v) is 3.12. The van der Waals surface area contributed by atoms with Crippen LogP contribution in [0, 0.1) is 0 Å². The number of hydrogen-bond donors (Lipinski definition) is 1. The van der Waals surface area contributed by atoms with Gasteiger partial charge in [-0.2, -0.15) is 0 Å². The first-order valence-electron chi connectivity index (χ1n) is 6.63. The number of rotatable bonds is 7. The molecule has 1 N–H and O–H groups in total. The Morgan fingerprint density at radius 2 is 2.33 bits per heavy atom. The fraction of sp³-hybridized carbons (Fsp3) is 0.429. The number of ether oxygens (including phenoxy) is 1. The molecule has 1 aromatic carbocycles. The van der Waals surface area contributed by atoms with Gasteiger partial charge in [-0.25, -0.2) is 4.98 Å². The maximum Gasteiger partial charge on any atom is 0.313 e. The van der Waals surface area contributed by atoms with Crippen LogP contribution in [-0.4, -0.2) is 39.6 Å². The van der Waals surface area contributed by atoms with Crippen molar-refractivity contribution in [3.8, 4) is 0 Å². The van der Waals surface area contributed by atoms with Crippen molar-refractivity contribution in [1.82, 2.24) is 9.55 Å². The lowest BCUT2D eigenvalue weighted by molar-refractivity contribution is -0.133. The van der Waals surface area contributed by atoms with Gasteiger partial charge in [0.2, 0.25) is 0 Å². The number of aromatic nitrogens is 2. The quantitative estimate of drug-likeness (QED) is 0.788. The van der Waals surface area contributed by atoms with E-state index in [1.165, 1.54) is 11.8 Å². The monoisotopic (exact) mass is 328 g/mol. The molecule has 2 rings (SSSR count). The number of imidazole rings is 1. The van der Waals surface area contributed by atoms with E-state index in [2.05, 4.69) is 4.98 Å². The first kappa shape index (κ1) is 16.1. The molecule has 114 valence electrons. The van der Waals surface area contributed by atoms with Crippen molar-refractivity contribution in [2.24, 2.45) is 0 Å². The van der Waals surface area contributed by atoms with Crippen molar-refractivity contribution < 1.29 is 14.6 Å². The molecule has 21 heavy (non-hydrogen) atoms. The summed E-state index contributed by atoms with van der Waals surface area (Å²) in [7, 11) is 0. The molecule has 0 spiro atoms. The lowest BCUT2D eigenvalue weighted by Gasteiger charge is -2.16. The Kier molecular flexibility index (Phi) is 5.50. The summed E-state index contributed by atoms with van der Waals surface area (Å²) in [5, 5.41) is 10.1. The van der Waals surface area contributed by atoms with Gasteiger partial charge in [0, 0.05) is 6.61 Å². The zero-order valence-corrected chi connectivity index (χ0v) is 13.4. The normalized spacial score (nSPS) is 12.7. The van der Waals surface area contributed by atoms with Gasteiger partial charge in [0.25, 0.3) is 0 Å². The van der Waals surface area contributed by atoms with Crippen LogP contribution in [-0.2, 0) is 9.53 Å². The number of aliphatic carboxylic acids is 1. The van der Waals surface area contributed by atoms with Crippen LogP contribution in [0.4, 0.5) is 0 Å². The third kappa shape index (κ3) is 3.70. The van der Waals surface area contributed by atoms with Crippen LogP contribution >= 0.6 is 23.4 Å². The Morgan fingerprint density at radius 3 is 3.00 bits per heavy atom. The van der Waals surface area contributed by atoms with Gasteiger partial charge >= 0.3 is 5.97 Å². The zero-order valence-electron chi connectivity index (χ0n) is 11.9. The van der Waals surface area contributed by atoms with E-state index in [4.69, 9.17) is 21.4 Å². The summed E-state index contributed by atoms with van der Waals surface area (Å²) in [5.74, 6) is -0.912. The number of para-hydroxylation sites is 1. The lowest BCUT2D eigenvalue weighted by Crippen LogP contribution is -2.13. The van der Waals surface area contributed by atoms with Crippen LogP contribution < -0.4 is 0 Å². The second kappa shape index (κ2) is 7.15. The van der Waals surface area contributed by atoms with E-state index in [0.29, 0.717) is 28.9 Å². The van der Waals surface area contributed by atoms with E-state index in [9.17, 15) is 4.79 Å². The molecule has 2 aromatic rings. The topological polar surface area (TPSA) is 64.3 Å². The molecule has 7 heteroatoms. The van der Waals surface area contributed by atoms with E-state index in [1.54, 1.807) is 6.07 Å². The average Bonchev–Trinajstić information content (AvgIpc) is 2.82. The second-order valence-electron chi connectivity index (χ2n) is 4.56. The van der Waals surface area contributed by atoms with Gasteiger partial charge < -0.3 is 14.4 Å². The maximum absolute atomic E-state index is 10.8. The van der Waals surface area contributed by atoms with Gasteiger partial charge in [-0.15, -0.1) is 0 Å². The van der Waals surface area contributed by atoms with E-state index in [1.807, 2.05) is 30.5 Å². The van der Waals surface area contributed by atoms with Crippen molar-refractivity contribution in [2.45, 2.75) is 25.0 Å². The largest absolute Gasteiger partial charge is 0.481 e. The van der Waals surface area contributed by atoms with Crippen LogP contribution in [0.1, 0.15) is 19.9 Å². The minimum absolute atomic E-state index is 0.0394. The summed E-state index contributed by atoms with van der Waals surface area (Å²) in [6, 6.07) is 5.62. The summed E-state index contributed by atoms with van der Waals surface area (Å²) in [6.07, 6.45) is 0. The molecule has 0 aliphatic heterocycles. The molecule has 0 amide bonds. The molecule has 1 unspecified atom stereocenters. The van der Waals surface area contributed by atoms with Crippen molar-refractivity contribution in [1.29, 1.82) is 0 Å². The molecule has 0 aliphatic rings. The summed E-state index contributed by atoms with van der Waals surface area (Å²) in [5.41, 5.74) is 1.58. The highest BCUT2D eigenvalue weighted by atomic mass is 35.5. The number of nitrogens with zero attached hydrogens (tertiary/aromatic N) is 2. The summed E-state index contributed by atoms with van der Waals surface area (Å²) < 4.78 is 7.46. The standard InChI is InChI=1S/C14H17ClN2O3S/c1-3-20-7-9(2)17-11-6-4-5-10(15)13(11)16-14(17)21-8-12(18)19/h4-6,9H,3,7-8H2,1-2H3,(H,18,19). The van der Waals surface area contributed by atoms with Crippen LogP contribution in [0.3, 0.4) is 0 Å². The van der Waals surface area contributed by atoms with Crippen molar-refractivity contribution >= 4 is 40.4 Å². The van der Waals surface area contributed by atoms with Gasteiger partial charge in [0.1, 0.15) is 5.52 Å². The number of carbonyl (C=O) groups is 1. The first-order chi connectivity index (χ1) is 10.0. The Bertz CT molecular complexity index is 644. The van der Waals surface area contributed by atoms with Gasteiger partial charge in [-0.05, 0) is 26.0 Å². The minimum atomic E-state index is -0.873. The number of hydrogen-bond acceptors (Lipinski definition) is 4. The highest BCUT2D eigenvalue weighted by molar-refractivity contribution is 7.99.